The minimum absolute atomic E-state index is 0.0211. The highest BCUT2D eigenvalue weighted by molar-refractivity contribution is 5.94. The van der Waals surface area contributed by atoms with Crippen molar-refractivity contribution in [2.24, 2.45) is 5.41 Å². The van der Waals surface area contributed by atoms with Crippen LogP contribution in [0, 0.1) is 5.41 Å². The van der Waals surface area contributed by atoms with E-state index in [1.54, 1.807) is 6.08 Å². The maximum atomic E-state index is 12.6. The van der Waals surface area contributed by atoms with Gasteiger partial charge in [0.05, 0.1) is 12.1 Å². The first-order chi connectivity index (χ1) is 16.9. The lowest BCUT2D eigenvalue weighted by Gasteiger charge is -2.55. The molecule has 2 fully saturated rings. The lowest BCUT2D eigenvalue weighted by atomic mass is 9.72. The molecule has 2 saturated heterocycles. The van der Waals surface area contributed by atoms with E-state index in [-0.39, 0.29) is 36.9 Å². The van der Waals surface area contributed by atoms with Gasteiger partial charge in [-0.25, -0.2) is 0 Å². The molecule has 3 aliphatic rings. The van der Waals surface area contributed by atoms with Crippen LogP contribution in [-0.4, -0.2) is 48.1 Å². The van der Waals surface area contributed by atoms with E-state index in [0.717, 1.165) is 16.7 Å². The number of carbonyl (C=O) groups excluding carboxylic acids is 3. The van der Waals surface area contributed by atoms with Crippen LogP contribution in [0.3, 0.4) is 0 Å². The Hall–Kier alpha value is -3.29. The van der Waals surface area contributed by atoms with Gasteiger partial charge in [0.15, 0.2) is 5.78 Å². The fourth-order valence-electron chi connectivity index (χ4n) is 5.75. The number of ketones is 1. The average molecular weight is 476 g/mol. The third-order valence-electron chi connectivity index (χ3n) is 7.21. The van der Waals surface area contributed by atoms with E-state index in [1.165, 1.54) is 13.8 Å². The number of fused-ring (bicyclic) bond motifs is 2. The van der Waals surface area contributed by atoms with Crippen LogP contribution in [0.25, 0.3) is 0 Å². The van der Waals surface area contributed by atoms with Crippen molar-refractivity contribution < 1.29 is 28.6 Å². The first-order valence-electron chi connectivity index (χ1n) is 11.9. The molecule has 5 rings (SSSR count). The van der Waals surface area contributed by atoms with Gasteiger partial charge in [0.25, 0.3) is 0 Å². The first kappa shape index (κ1) is 23.5. The molecular formula is C28H29NO6. The second-order valence-corrected chi connectivity index (χ2v) is 9.62. The first-order valence-corrected chi connectivity index (χ1v) is 11.9. The fraction of sp³-hybridized carbons (Fsp3) is 0.393. The Morgan fingerprint density at radius 3 is 2.29 bits per heavy atom. The summed E-state index contributed by atoms with van der Waals surface area (Å²) in [7, 11) is 0. The molecule has 0 amide bonds. The lowest BCUT2D eigenvalue weighted by Crippen LogP contribution is -2.61. The Labute approximate surface area is 204 Å². The summed E-state index contributed by atoms with van der Waals surface area (Å²) in [5.74, 6) is -0.775. The van der Waals surface area contributed by atoms with Gasteiger partial charge in [-0.05, 0) is 23.6 Å². The van der Waals surface area contributed by atoms with Gasteiger partial charge >= 0.3 is 11.9 Å². The Balaban J connectivity index is 1.61. The molecule has 2 aromatic carbocycles. The van der Waals surface area contributed by atoms with Crippen molar-refractivity contribution in [2.75, 3.05) is 13.2 Å². The average Bonchev–Trinajstić information content (AvgIpc) is 3.17. The fourth-order valence-corrected chi connectivity index (χ4v) is 5.75. The normalized spacial score (nSPS) is 30.1. The van der Waals surface area contributed by atoms with Crippen molar-refractivity contribution in [3.05, 3.63) is 83.4 Å². The molecule has 2 aliphatic heterocycles. The summed E-state index contributed by atoms with van der Waals surface area (Å²) in [6.45, 7) is 3.37. The number of rotatable bonds is 5. The Morgan fingerprint density at radius 2 is 1.66 bits per heavy atom. The number of esters is 2. The van der Waals surface area contributed by atoms with Crippen LogP contribution in [-0.2, 0) is 28.6 Å². The summed E-state index contributed by atoms with van der Waals surface area (Å²) in [6, 6.07) is 19.5. The third kappa shape index (κ3) is 4.54. The van der Waals surface area contributed by atoms with Gasteiger partial charge in [0, 0.05) is 32.2 Å². The SMILES string of the molecule is CC(=O)OC[C@@]12CC(=O)C=C1C[C@H]1[C@H](OC(C)=O)O[C@H](c3ccccc3)[C@H](c3ccccc3)N1C2. The summed E-state index contributed by atoms with van der Waals surface area (Å²) in [6.07, 6.45) is 1.23. The Morgan fingerprint density at radius 1 is 1.00 bits per heavy atom. The number of piperidine rings is 1. The predicted molar refractivity (Wildman–Crippen MR) is 127 cm³/mol. The van der Waals surface area contributed by atoms with E-state index in [1.807, 2.05) is 48.5 Å². The van der Waals surface area contributed by atoms with Crippen LogP contribution < -0.4 is 0 Å². The predicted octanol–water partition coefficient (Wildman–Crippen LogP) is 3.91. The van der Waals surface area contributed by atoms with Crippen LogP contribution in [0.15, 0.2) is 72.3 Å². The quantitative estimate of drug-likeness (QED) is 0.607. The molecule has 0 saturated carbocycles. The minimum atomic E-state index is -0.805. The summed E-state index contributed by atoms with van der Waals surface area (Å²) in [4.78, 5) is 38.7. The van der Waals surface area contributed by atoms with Crippen LogP contribution in [0.2, 0.25) is 0 Å². The number of benzene rings is 2. The van der Waals surface area contributed by atoms with Crippen molar-refractivity contribution in [1.29, 1.82) is 0 Å². The molecule has 0 unspecified atom stereocenters. The molecule has 5 atom stereocenters. The monoisotopic (exact) mass is 475 g/mol. The lowest BCUT2D eigenvalue weighted by molar-refractivity contribution is -0.260. The van der Waals surface area contributed by atoms with Gasteiger partial charge < -0.3 is 14.2 Å². The van der Waals surface area contributed by atoms with Gasteiger partial charge in [0.1, 0.15) is 12.7 Å². The van der Waals surface area contributed by atoms with Gasteiger partial charge in [-0.15, -0.1) is 0 Å². The summed E-state index contributed by atoms with van der Waals surface area (Å²) in [5.41, 5.74) is 2.35. The van der Waals surface area contributed by atoms with Gasteiger partial charge in [-0.2, -0.15) is 0 Å². The smallest absolute Gasteiger partial charge is 0.304 e. The highest BCUT2D eigenvalue weighted by Gasteiger charge is 2.56. The minimum Gasteiger partial charge on any atom is -0.465 e. The number of morpholine rings is 1. The van der Waals surface area contributed by atoms with E-state index in [4.69, 9.17) is 14.2 Å². The molecule has 1 aliphatic carbocycles. The van der Waals surface area contributed by atoms with Crippen LogP contribution in [0.1, 0.15) is 50.0 Å². The summed E-state index contributed by atoms with van der Waals surface area (Å²) < 4.78 is 17.7. The van der Waals surface area contributed by atoms with E-state index in [0.29, 0.717) is 13.0 Å². The molecular weight excluding hydrogens is 446 g/mol. The van der Waals surface area contributed by atoms with Crippen molar-refractivity contribution in [1.82, 2.24) is 4.90 Å². The van der Waals surface area contributed by atoms with Crippen molar-refractivity contribution in [3.63, 3.8) is 0 Å². The summed E-state index contributed by atoms with van der Waals surface area (Å²) >= 11 is 0. The van der Waals surface area contributed by atoms with Crippen LogP contribution in [0.4, 0.5) is 0 Å². The molecule has 2 heterocycles. The molecule has 2 aromatic rings. The largest absolute Gasteiger partial charge is 0.465 e. The van der Waals surface area contributed by atoms with Gasteiger partial charge in [-0.3, -0.25) is 19.3 Å². The molecule has 7 nitrogen and oxygen atoms in total. The Kier molecular flexibility index (Phi) is 6.30. The molecule has 182 valence electrons. The standard InChI is InChI=1S/C28H29NO6/c1-18(30)33-17-28-15-23(32)13-22(28)14-24-27(34-19(2)31)35-26(21-11-7-4-8-12-21)25(29(24)16-28)20-9-5-3-6-10-20/h3-13,24-27H,14-17H2,1-2H3/t24-,25-,26+,27+,28-/m0/s1. The number of hydrogen-bond acceptors (Lipinski definition) is 7. The second-order valence-electron chi connectivity index (χ2n) is 9.62. The molecule has 0 radical (unpaired) electrons. The zero-order valence-corrected chi connectivity index (χ0v) is 19.9. The molecule has 35 heavy (non-hydrogen) atoms. The third-order valence-corrected chi connectivity index (χ3v) is 7.21. The topological polar surface area (TPSA) is 82.1 Å². The molecule has 0 bridgehead atoms. The van der Waals surface area contributed by atoms with E-state index in [2.05, 4.69) is 17.0 Å². The number of ether oxygens (including phenoxy) is 3. The number of hydrogen-bond donors (Lipinski definition) is 0. The van der Waals surface area contributed by atoms with Crippen LogP contribution >= 0.6 is 0 Å². The van der Waals surface area contributed by atoms with E-state index in [9.17, 15) is 14.4 Å². The van der Waals surface area contributed by atoms with E-state index >= 15 is 0 Å². The van der Waals surface area contributed by atoms with Crippen molar-refractivity contribution in [2.45, 2.75) is 51.2 Å². The highest BCUT2D eigenvalue weighted by Crippen LogP contribution is 2.53. The summed E-state index contributed by atoms with van der Waals surface area (Å²) in [5, 5.41) is 0. The highest BCUT2D eigenvalue weighted by atomic mass is 16.7. The molecule has 7 heteroatoms. The van der Waals surface area contributed by atoms with Crippen LogP contribution in [0.5, 0.6) is 0 Å². The van der Waals surface area contributed by atoms with Gasteiger partial charge in [0.2, 0.25) is 6.29 Å². The molecule has 0 N–H and O–H groups in total. The maximum absolute atomic E-state index is 12.6. The number of allylic oxidation sites excluding steroid dienone is 1. The van der Waals surface area contributed by atoms with Crippen molar-refractivity contribution in [3.8, 4) is 0 Å². The zero-order chi connectivity index (χ0) is 24.6. The van der Waals surface area contributed by atoms with Crippen molar-refractivity contribution >= 4 is 17.7 Å². The second kappa shape index (κ2) is 9.40. The molecule has 0 aromatic heterocycles. The zero-order valence-electron chi connectivity index (χ0n) is 19.9. The van der Waals surface area contributed by atoms with E-state index < -0.39 is 23.8 Å². The number of nitrogens with zero attached hydrogens (tertiary/aromatic N) is 1. The van der Waals surface area contributed by atoms with Gasteiger partial charge in [-0.1, -0.05) is 66.2 Å². The Bertz CT molecular complexity index is 1150. The molecule has 0 spiro atoms. The number of carbonyl (C=O) groups is 3. The maximum Gasteiger partial charge on any atom is 0.304 e.